The van der Waals surface area contributed by atoms with E-state index < -0.39 is 11.6 Å². The average molecular weight is 273 g/mol. The van der Waals surface area contributed by atoms with Crippen molar-refractivity contribution in [1.29, 1.82) is 0 Å². The third-order valence-electron chi connectivity index (χ3n) is 2.72. The first-order valence-electron chi connectivity index (χ1n) is 5.76. The van der Waals surface area contributed by atoms with Crippen LogP contribution in [0, 0.1) is 11.6 Å². The topological polar surface area (TPSA) is 61.0 Å². The first-order valence-corrected chi connectivity index (χ1v) is 5.76. The summed E-state index contributed by atoms with van der Waals surface area (Å²) in [6.07, 6.45) is 1.28. The number of hydrogen-bond acceptors (Lipinski definition) is 4. The van der Waals surface area contributed by atoms with E-state index in [4.69, 9.17) is 10.5 Å². The van der Waals surface area contributed by atoms with E-state index in [-0.39, 0.29) is 11.6 Å². The predicted octanol–water partition coefficient (Wildman–Crippen LogP) is 3.28. The second kappa shape index (κ2) is 4.73. The van der Waals surface area contributed by atoms with E-state index in [1.807, 2.05) is 0 Å². The molecule has 0 bridgehead atoms. The summed E-state index contributed by atoms with van der Waals surface area (Å²) in [5, 5.41) is 0.524. The Morgan fingerprint density at radius 1 is 1.00 bits per heavy atom. The highest BCUT2D eigenvalue weighted by Crippen LogP contribution is 2.29. The van der Waals surface area contributed by atoms with Gasteiger partial charge in [0.1, 0.15) is 12.1 Å². The minimum atomic E-state index is -0.679. The van der Waals surface area contributed by atoms with Crippen LogP contribution in [0.1, 0.15) is 0 Å². The Labute approximate surface area is 112 Å². The lowest BCUT2D eigenvalue weighted by molar-refractivity contribution is 0.426. The van der Waals surface area contributed by atoms with Gasteiger partial charge in [-0.3, -0.25) is 0 Å². The average Bonchev–Trinajstić information content (AvgIpc) is 2.43. The molecule has 3 aromatic rings. The van der Waals surface area contributed by atoms with Gasteiger partial charge in [-0.25, -0.2) is 18.7 Å². The summed E-state index contributed by atoms with van der Waals surface area (Å²) in [5.41, 5.74) is 6.79. The summed E-state index contributed by atoms with van der Waals surface area (Å²) < 4.78 is 32.0. The fourth-order valence-corrected chi connectivity index (χ4v) is 1.79. The number of aromatic nitrogens is 2. The Kier molecular flexibility index (Phi) is 2.90. The molecule has 1 heterocycles. The number of halogens is 2. The number of nitrogen functional groups attached to an aromatic ring is 1. The van der Waals surface area contributed by atoms with Crippen LogP contribution >= 0.6 is 0 Å². The van der Waals surface area contributed by atoms with Crippen molar-refractivity contribution in [3.63, 3.8) is 0 Å². The fourth-order valence-electron chi connectivity index (χ4n) is 1.79. The number of nitrogens with zero attached hydrogens (tertiary/aromatic N) is 2. The SMILES string of the molecule is Nc1ccc2ncnc(Oc3cc(F)ccc3F)c2c1. The van der Waals surface area contributed by atoms with Crippen LogP contribution in [0.15, 0.2) is 42.7 Å². The zero-order chi connectivity index (χ0) is 14.1. The van der Waals surface area contributed by atoms with Crippen molar-refractivity contribution in [2.75, 3.05) is 5.73 Å². The van der Waals surface area contributed by atoms with Crippen molar-refractivity contribution >= 4 is 16.6 Å². The summed E-state index contributed by atoms with van der Waals surface area (Å²) in [5.74, 6) is -1.40. The van der Waals surface area contributed by atoms with Crippen LogP contribution in [0.4, 0.5) is 14.5 Å². The van der Waals surface area contributed by atoms with Gasteiger partial charge in [0.2, 0.25) is 5.88 Å². The summed E-state index contributed by atoms with van der Waals surface area (Å²) in [6.45, 7) is 0. The lowest BCUT2D eigenvalue weighted by atomic mass is 10.2. The highest BCUT2D eigenvalue weighted by atomic mass is 19.1. The van der Waals surface area contributed by atoms with E-state index >= 15 is 0 Å². The normalized spacial score (nSPS) is 10.7. The van der Waals surface area contributed by atoms with Crippen molar-refractivity contribution in [2.24, 2.45) is 0 Å². The van der Waals surface area contributed by atoms with E-state index in [1.54, 1.807) is 18.2 Å². The molecule has 6 heteroatoms. The van der Waals surface area contributed by atoms with Crippen LogP contribution in [-0.4, -0.2) is 9.97 Å². The van der Waals surface area contributed by atoms with Crippen molar-refractivity contribution < 1.29 is 13.5 Å². The molecule has 2 aromatic carbocycles. The Bertz CT molecular complexity index is 792. The van der Waals surface area contributed by atoms with Gasteiger partial charge in [0, 0.05) is 11.8 Å². The summed E-state index contributed by atoms with van der Waals surface area (Å²) in [4.78, 5) is 7.99. The summed E-state index contributed by atoms with van der Waals surface area (Å²) in [7, 11) is 0. The molecule has 0 aliphatic rings. The lowest BCUT2D eigenvalue weighted by Crippen LogP contribution is -1.95. The van der Waals surface area contributed by atoms with Crippen LogP contribution < -0.4 is 10.5 Å². The second-order valence-electron chi connectivity index (χ2n) is 4.13. The van der Waals surface area contributed by atoms with Gasteiger partial charge < -0.3 is 10.5 Å². The van der Waals surface area contributed by atoms with Gasteiger partial charge in [0.25, 0.3) is 0 Å². The van der Waals surface area contributed by atoms with E-state index in [0.717, 1.165) is 18.2 Å². The van der Waals surface area contributed by atoms with Crippen LogP contribution in [0.3, 0.4) is 0 Å². The van der Waals surface area contributed by atoms with Gasteiger partial charge in [-0.2, -0.15) is 0 Å². The molecular weight excluding hydrogens is 264 g/mol. The molecule has 4 nitrogen and oxygen atoms in total. The Morgan fingerprint density at radius 2 is 1.85 bits per heavy atom. The van der Waals surface area contributed by atoms with Crippen LogP contribution in [0.25, 0.3) is 10.9 Å². The van der Waals surface area contributed by atoms with Crippen LogP contribution in [0.2, 0.25) is 0 Å². The maximum Gasteiger partial charge on any atom is 0.230 e. The Hall–Kier alpha value is -2.76. The third-order valence-corrected chi connectivity index (χ3v) is 2.72. The molecule has 0 radical (unpaired) electrons. The van der Waals surface area contributed by atoms with Crippen molar-refractivity contribution in [2.45, 2.75) is 0 Å². The van der Waals surface area contributed by atoms with Gasteiger partial charge in [-0.1, -0.05) is 0 Å². The Morgan fingerprint density at radius 3 is 2.70 bits per heavy atom. The van der Waals surface area contributed by atoms with Gasteiger partial charge >= 0.3 is 0 Å². The molecule has 0 aliphatic carbocycles. The molecule has 20 heavy (non-hydrogen) atoms. The predicted molar refractivity (Wildman–Crippen MR) is 70.4 cm³/mol. The van der Waals surface area contributed by atoms with E-state index in [2.05, 4.69) is 9.97 Å². The van der Waals surface area contributed by atoms with Crippen molar-refractivity contribution in [1.82, 2.24) is 9.97 Å². The van der Waals surface area contributed by atoms with Gasteiger partial charge in [0.15, 0.2) is 11.6 Å². The third kappa shape index (κ3) is 2.23. The van der Waals surface area contributed by atoms with E-state index in [0.29, 0.717) is 16.6 Å². The molecule has 0 aliphatic heterocycles. The molecule has 0 saturated carbocycles. The molecule has 0 amide bonds. The lowest BCUT2D eigenvalue weighted by Gasteiger charge is -2.08. The molecular formula is C14H9F2N3O. The maximum absolute atomic E-state index is 13.6. The Balaban J connectivity index is 2.10. The van der Waals surface area contributed by atoms with Gasteiger partial charge in [-0.15, -0.1) is 0 Å². The zero-order valence-corrected chi connectivity index (χ0v) is 10.2. The highest BCUT2D eigenvalue weighted by Gasteiger charge is 2.11. The number of anilines is 1. The first-order chi connectivity index (χ1) is 9.63. The standard InChI is InChI=1S/C14H9F2N3O/c15-8-1-3-11(16)13(5-8)20-14-10-6-9(17)2-4-12(10)18-7-19-14/h1-7H,17H2. The maximum atomic E-state index is 13.6. The molecule has 1 aromatic heterocycles. The van der Waals surface area contributed by atoms with Crippen molar-refractivity contribution in [3.05, 3.63) is 54.4 Å². The molecule has 100 valence electrons. The van der Waals surface area contributed by atoms with Crippen LogP contribution in [-0.2, 0) is 0 Å². The van der Waals surface area contributed by atoms with Gasteiger partial charge in [0.05, 0.1) is 10.9 Å². The van der Waals surface area contributed by atoms with E-state index in [9.17, 15) is 8.78 Å². The molecule has 0 unspecified atom stereocenters. The number of nitrogens with two attached hydrogens (primary N) is 1. The second-order valence-corrected chi connectivity index (χ2v) is 4.13. The number of rotatable bonds is 2. The minimum absolute atomic E-state index is 0.117. The smallest absolute Gasteiger partial charge is 0.230 e. The summed E-state index contributed by atoms with van der Waals surface area (Å²) in [6, 6.07) is 7.95. The molecule has 2 N–H and O–H groups in total. The number of fused-ring (bicyclic) bond motifs is 1. The largest absolute Gasteiger partial charge is 0.435 e. The summed E-state index contributed by atoms with van der Waals surface area (Å²) >= 11 is 0. The van der Waals surface area contributed by atoms with Gasteiger partial charge in [-0.05, 0) is 30.3 Å². The fraction of sp³-hybridized carbons (Fsp3) is 0. The molecule has 0 atom stereocenters. The zero-order valence-electron chi connectivity index (χ0n) is 10.2. The quantitative estimate of drug-likeness (QED) is 0.728. The monoisotopic (exact) mass is 273 g/mol. The van der Waals surface area contributed by atoms with E-state index in [1.165, 1.54) is 6.33 Å². The first kappa shape index (κ1) is 12.3. The van der Waals surface area contributed by atoms with Crippen LogP contribution in [0.5, 0.6) is 11.6 Å². The molecule has 0 spiro atoms. The van der Waals surface area contributed by atoms with Crippen molar-refractivity contribution in [3.8, 4) is 11.6 Å². The molecule has 0 saturated heterocycles. The number of benzene rings is 2. The number of hydrogen-bond donors (Lipinski definition) is 1. The molecule has 3 rings (SSSR count). The minimum Gasteiger partial charge on any atom is -0.435 e. The highest BCUT2D eigenvalue weighted by molar-refractivity contribution is 5.86. The molecule has 0 fully saturated rings. The number of ether oxygens (including phenoxy) is 1.